The summed E-state index contributed by atoms with van der Waals surface area (Å²) >= 11 is 0. The summed E-state index contributed by atoms with van der Waals surface area (Å²) in [5, 5.41) is 14.6. The van der Waals surface area contributed by atoms with Gasteiger partial charge in [0.15, 0.2) is 5.82 Å². The third kappa shape index (κ3) is 2.15. The van der Waals surface area contributed by atoms with Gasteiger partial charge in [-0.2, -0.15) is 5.10 Å². The summed E-state index contributed by atoms with van der Waals surface area (Å²) in [5.74, 6) is 0.897. The van der Waals surface area contributed by atoms with E-state index in [-0.39, 0.29) is 0 Å². The number of nitrogens with zero attached hydrogens (tertiary/aromatic N) is 2. The summed E-state index contributed by atoms with van der Waals surface area (Å²) in [6.45, 7) is 2.00. The topological polar surface area (TPSA) is 37.8 Å². The van der Waals surface area contributed by atoms with Gasteiger partial charge in [-0.05, 0) is 30.9 Å². The van der Waals surface area contributed by atoms with E-state index in [2.05, 4.69) is 58.0 Å². The quantitative estimate of drug-likeness (QED) is 0.777. The van der Waals surface area contributed by atoms with E-state index in [1.807, 2.05) is 13.0 Å². The van der Waals surface area contributed by atoms with Crippen molar-refractivity contribution < 1.29 is 0 Å². The highest BCUT2D eigenvalue weighted by molar-refractivity contribution is 5.92. The maximum absolute atomic E-state index is 4.37. The molecule has 4 rings (SSSR count). The van der Waals surface area contributed by atoms with Crippen molar-refractivity contribution in [2.45, 2.75) is 25.8 Å². The molecule has 0 fully saturated rings. The standard InChI is InChI=1S/C18H17N3/c1-12-16-8-4-5-9-17(16)18(21-20-12)19-15-10-13-6-2-3-7-14(13)11-15/h2-9,15H,10-11H2,1H3,(H,19,21). The molecule has 1 aliphatic carbocycles. The maximum Gasteiger partial charge on any atom is 0.156 e. The van der Waals surface area contributed by atoms with Gasteiger partial charge in [0.25, 0.3) is 0 Å². The van der Waals surface area contributed by atoms with Crippen molar-refractivity contribution in [3.63, 3.8) is 0 Å². The van der Waals surface area contributed by atoms with Gasteiger partial charge in [-0.25, -0.2) is 0 Å². The van der Waals surface area contributed by atoms with Gasteiger partial charge in [-0.15, -0.1) is 5.10 Å². The fraction of sp³-hybridized carbons (Fsp3) is 0.222. The fourth-order valence-corrected chi connectivity index (χ4v) is 3.20. The number of nitrogens with one attached hydrogen (secondary N) is 1. The Morgan fingerprint density at radius 1 is 0.857 bits per heavy atom. The number of benzene rings is 2. The second-order valence-electron chi connectivity index (χ2n) is 5.70. The van der Waals surface area contributed by atoms with Crippen molar-refractivity contribution in [3.05, 3.63) is 65.4 Å². The zero-order chi connectivity index (χ0) is 14.2. The lowest BCUT2D eigenvalue weighted by atomic mass is 10.1. The summed E-state index contributed by atoms with van der Waals surface area (Å²) in [6, 6.07) is 17.4. The summed E-state index contributed by atoms with van der Waals surface area (Å²) < 4.78 is 0. The van der Waals surface area contributed by atoms with Crippen molar-refractivity contribution in [1.29, 1.82) is 0 Å². The number of rotatable bonds is 2. The Bertz CT molecular complexity index is 785. The van der Waals surface area contributed by atoms with Gasteiger partial charge in [0.2, 0.25) is 0 Å². The van der Waals surface area contributed by atoms with Gasteiger partial charge in [-0.1, -0.05) is 48.5 Å². The van der Waals surface area contributed by atoms with Gasteiger partial charge >= 0.3 is 0 Å². The minimum atomic E-state index is 0.405. The van der Waals surface area contributed by atoms with Crippen LogP contribution in [0.2, 0.25) is 0 Å². The third-order valence-corrected chi connectivity index (χ3v) is 4.26. The van der Waals surface area contributed by atoms with E-state index in [4.69, 9.17) is 0 Å². The minimum Gasteiger partial charge on any atom is -0.365 e. The molecule has 1 aromatic heterocycles. The van der Waals surface area contributed by atoms with Gasteiger partial charge in [0.05, 0.1) is 5.69 Å². The van der Waals surface area contributed by atoms with Gasteiger partial charge in [0, 0.05) is 16.8 Å². The first-order valence-corrected chi connectivity index (χ1v) is 7.36. The van der Waals surface area contributed by atoms with Crippen molar-refractivity contribution in [1.82, 2.24) is 10.2 Å². The predicted molar refractivity (Wildman–Crippen MR) is 85.5 cm³/mol. The van der Waals surface area contributed by atoms with Gasteiger partial charge < -0.3 is 5.32 Å². The van der Waals surface area contributed by atoms with Gasteiger partial charge in [-0.3, -0.25) is 0 Å². The molecule has 2 aromatic carbocycles. The molecule has 3 heteroatoms. The zero-order valence-electron chi connectivity index (χ0n) is 12.0. The molecule has 0 saturated heterocycles. The molecule has 1 aliphatic rings. The largest absolute Gasteiger partial charge is 0.365 e. The van der Waals surface area contributed by atoms with Crippen LogP contribution in [0.5, 0.6) is 0 Å². The molecule has 104 valence electrons. The van der Waals surface area contributed by atoms with Crippen molar-refractivity contribution >= 4 is 16.6 Å². The molecule has 0 aliphatic heterocycles. The van der Waals surface area contributed by atoms with Crippen LogP contribution in [0.4, 0.5) is 5.82 Å². The summed E-state index contributed by atoms with van der Waals surface area (Å²) in [6.07, 6.45) is 2.11. The van der Waals surface area contributed by atoms with E-state index in [9.17, 15) is 0 Å². The molecule has 0 amide bonds. The van der Waals surface area contributed by atoms with Crippen molar-refractivity contribution in [2.24, 2.45) is 0 Å². The van der Waals surface area contributed by atoms with E-state index >= 15 is 0 Å². The smallest absolute Gasteiger partial charge is 0.156 e. The molecule has 0 bridgehead atoms. The SMILES string of the molecule is Cc1nnc(NC2Cc3ccccc3C2)c2ccccc12. The van der Waals surface area contributed by atoms with Crippen LogP contribution in [0.3, 0.4) is 0 Å². The molecule has 21 heavy (non-hydrogen) atoms. The molecule has 0 unspecified atom stereocenters. The number of anilines is 1. The number of hydrogen-bond acceptors (Lipinski definition) is 3. The molecular formula is C18H17N3. The number of aromatic nitrogens is 2. The predicted octanol–water partition coefficient (Wildman–Crippen LogP) is 3.52. The first-order valence-electron chi connectivity index (χ1n) is 7.36. The maximum atomic E-state index is 4.37. The molecule has 0 saturated carbocycles. The Balaban J connectivity index is 1.66. The number of hydrogen-bond donors (Lipinski definition) is 1. The van der Waals surface area contributed by atoms with Crippen LogP contribution in [0.15, 0.2) is 48.5 Å². The Morgan fingerprint density at radius 2 is 1.48 bits per heavy atom. The lowest BCUT2D eigenvalue weighted by Gasteiger charge is -2.14. The van der Waals surface area contributed by atoms with Crippen LogP contribution >= 0.6 is 0 Å². The second kappa shape index (κ2) is 4.85. The Hall–Kier alpha value is -2.42. The lowest BCUT2D eigenvalue weighted by molar-refractivity contribution is 0.765. The molecule has 0 radical (unpaired) electrons. The molecule has 0 spiro atoms. The molecule has 3 aromatic rings. The Labute approximate surface area is 124 Å². The Morgan fingerprint density at radius 3 is 2.19 bits per heavy atom. The van der Waals surface area contributed by atoms with Crippen LogP contribution in [0.1, 0.15) is 16.8 Å². The van der Waals surface area contributed by atoms with Crippen molar-refractivity contribution in [2.75, 3.05) is 5.32 Å². The fourth-order valence-electron chi connectivity index (χ4n) is 3.20. The first-order chi connectivity index (χ1) is 10.3. The van der Waals surface area contributed by atoms with E-state index in [1.165, 1.54) is 16.5 Å². The summed E-state index contributed by atoms with van der Waals surface area (Å²) in [7, 11) is 0. The van der Waals surface area contributed by atoms with E-state index in [0.29, 0.717) is 6.04 Å². The van der Waals surface area contributed by atoms with Crippen LogP contribution in [0.25, 0.3) is 10.8 Å². The normalized spacial score (nSPS) is 14.3. The van der Waals surface area contributed by atoms with Crippen LogP contribution in [0, 0.1) is 6.92 Å². The number of fused-ring (bicyclic) bond motifs is 2. The average Bonchev–Trinajstić information content (AvgIpc) is 2.93. The second-order valence-corrected chi connectivity index (χ2v) is 5.70. The summed E-state index contributed by atoms with van der Waals surface area (Å²) in [4.78, 5) is 0. The molecule has 0 atom stereocenters. The highest BCUT2D eigenvalue weighted by Gasteiger charge is 2.21. The first kappa shape index (κ1) is 12.3. The van der Waals surface area contributed by atoms with E-state index in [1.54, 1.807) is 0 Å². The number of aryl methyl sites for hydroxylation is 1. The van der Waals surface area contributed by atoms with Gasteiger partial charge in [0.1, 0.15) is 0 Å². The highest BCUT2D eigenvalue weighted by Crippen LogP contribution is 2.27. The molecule has 3 nitrogen and oxygen atoms in total. The Kier molecular flexibility index (Phi) is 2.85. The third-order valence-electron chi connectivity index (χ3n) is 4.26. The molecule has 1 N–H and O–H groups in total. The monoisotopic (exact) mass is 275 g/mol. The zero-order valence-corrected chi connectivity index (χ0v) is 12.0. The average molecular weight is 275 g/mol. The lowest BCUT2D eigenvalue weighted by Crippen LogP contribution is -2.20. The van der Waals surface area contributed by atoms with Crippen molar-refractivity contribution in [3.8, 4) is 0 Å². The van der Waals surface area contributed by atoms with Crippen LogP contribution in [-0.2, 0) is 12.8 Å². The molecular weight excluding hydrogens is 258 g/mol. The summed E-state index contributed by atoms with van der Waals surface area (Å²) in [5.41, 5.74) is 3.87. The highest BCUT2D eigenvalue weighted by atomic mass is 15.2. The van der Waals surface area contributed by atoms with E-state index in [0.717, 1.165) is 29.7 Å². The van der Waals surface area contributed by atoms with Crippen LogP contribution < -0.4 is 5.32 Å². The van der Waals surface area contributed by atoms with E-state index < -0.39 is 0 Å². The van der Waals surface area contributed by atoms with Crippen LogP contribution in [-0.4, -0.2) is 16.2 Å². The molecule has 1 heterocycles. The minimum absolute atomic E-state index is 0.405.